The predicted octanol–water partition coefficient (Wildman–Crippen LogP) is 3.66. The lowest BCUT2D eigenvalue weighted by molar-refractivity contribution is -0.136. The maximum atomic E-state index is 13.6. The molecule has 0 bridgehead atoms. The summed E-state index contributed by atoms with van der Waals surface area (Å²) in [6.45, 7) is 5.81. The second kappa shape index (κ2) is 10.9. The zero-order chi connectivity index (χ0) is 25.1. The Labute approximate surface area is 213 Å². The van der Waals surface area contributed by atoms with Gasteiger partial charge in [0, 0.05) is 56.1 Å². The van der Waals surface area contributed by atoms with Gasteiger partial charge in [0.2, 0.25) is 15.9 Å². The van der Waals surface area contributed by atoms with Gasteiger partial charge in [-0.2, -0.15) is 4.31 Å². The molecule has 2 aliphatic rings. The van der Waals surface area contributed by atoms with Crippen LogP contribution in [-0.4, -0.2) is 81.4 Å². The van der Waals surface area contributed by atoms with Crippen molar-refractivity contribution < 1.29 is 17.9 Å². The van der Waals surface area contributed by atoms with Gasteiger partial charge in [-0.05, 0) is 62.7 Å². The largest absolute Gasteiger partial charge is 0.493 e. The molecule has 1 atom stereocenters. The molecule has 0 spiro atoms. The maximum absolute atomic E-state index is 13.6. The number of hydrogen-bond acceptors (Lipinski definition) is 5. The number of likely N-dealkylation sites (N-methyl/N-ethyl adjacent to an activating group) is 1. The highest BCUT2D eigenvalue weighted by molar-refractivity contribution is 7.89. The molecule has 0 radical (unpaired) electrons. The van der Waals surface area contributed by atoms with Crippen LogP contribution in [0.5, 0.6) is 5.75 Å². The molecule has 7 nitrogen and oxygen atoms in total. The van der Waals surface area contributed by atoms with Gasteiger partial charge in [0.05, 0.1) is 11.5 Å². The molecule has 0 aliphatic carbocycles. The lowest BCUT2D eigenvalue weighted by Crippen LogP contribution is -2.53. The zero-order valence-corrected chi connectivity index (χ0v) is 22.0. The molecule has 2 aromatic rings. The molecule has 2 heterocycles. The number of halogens is 1. The molecule has 35 heavy (non-hydrogen) atoms. The van der Waals surface area contributed by atoms with E-state index in [-0.39, 0.29) is 25.5 Å². The van der Waals surface area contributed by atoms with E-state index >= 15 is 0 Å². The van der Waals surface area contributed by atoms with Crippen LogP contribution >= 0.6 is 11.6 Å². The summed E-state index contributed by atoms with van der Waals surface area (Å²) in [7, 11) is -1.64. The average molecular weight is 520 g/mol. The highest BCUT2D eigenvalue weighted by Crippen LogP contribution is 2.38. The lowest BCUT2D eigenvalue weighted by atomic mass is 9.78. The molecule has 0 N–H and O–H groups in total. The maximum Gasteiger partial charge on any atom is 0.243 e. The number of benzene rings is 2. The molecular formula is C26H34ClN3O4S. The minimum atomic E-state index is -3.69. The molecule has 2 fully saturated rings. The zero-order valence-electron chi connectivity index (χ0n) is 20.5. The number of piperazine rings is 1. The van der Waals surface area contributed by atoms with Gasteiger partial charge in [0.1, 0.15) is 5.75 Å². The molecule has 2 aromatic carbocycles. The van der Waals surface area contributed by atoms with E-state index in [1.54, 1.807) is 40.7 Å². The average Bonchev–Trinajstić information content (AvgIpc) is 2.84. The Morgan fingerprint density at radius 1 is 1.03 bits per heavy atom. The molecule has 0 saturated carbocycles. The quantitative estimate of drug-likeness (QED) is 0.558. The second-order valence-corrected chi connectivity index (χ2v) is 12.2. The topological polar surface area (TPSA) is 70.2 Å². The van der Waals surface area contributed by atoms with Crippen molar-refractivity contribution in [1.29, 1.82) is 0 Å². The number of ether oxygens (including phenoxy) is 1. The normalized spacial score (nSPS) is 22.2. The van der Waals surface area contributed by atoms with Gasteiger partial charge in [-0.1, -0.05) is 29.8 Å². The predicted molar refractivity (Wildman–Crippen MR) is 137 cm³/mol. The van der Waals surface area contributed by atoms with Gasteiger partial charge in [0.15, 0.2) is 0 Å². The minimum absolute atomic E-state index is 0.0629. The summed E-state index contributed by atoms with van der Waals surface area (Å²) in [5, 5.41) is 0.616. The van der Waals surface area contributed by atoms with Crippen molar-refractivity contribution in [3.05, 3.63) is 59.1 Å². The fourth-order valence-electron chi connectivity index (χ4n) is 4.92. The van der Waals surface area contributed by atoms with E-state index < -0.39 is 15.4 Å². The van der Waals surface area contributed by atoms with Crippen molar-refractivity contribution in [3.8, 4) is 5.75 Å². The SMILES string of the molecule is Cc1ccccc1S(=O)(=O)N1CCC[C@](COc2ccc(Cl)cc2)(CC(=O)N2CCN(C)CC2)C1. The van der Waals surface area contributed by atoms with Crippen LogP contribution in [0.3, 0.4) is 0 Å². The van der Waals surface area contributed by atoms with E-state index in [1.807, 2.05) is 24.0 Å². The van der Waals surface area contributed by atoms with Crippen LogP contribution in [0, 0.1) is 12.3 Å². The summed E-state index contributed by atoms with van der Waals surface area (Å²) in [4.78, 5) is 17.8. The van der Waals surface area contributed by atoms with Crippen molar-refractivity contribution >= 4 is 27.5 Å². The van der Waals surface area contributed by atoms with E-state index in [4.69, 9.17) is 16.3 Å². The monoisotopic (exact) mass is 519 g/mol. The van der Waals surface area contributed by atoms with Crippen LogP contribution in [0.25, 0.3) is 0 Å². The molecular weight excluding hydrogens is 486 g/mol. The smallest absolute Gasteiger partial charge is 0.243 e. The highest BCUT2D eigenvalue weighted by atomic mass is 35.5. The van der Waals surface area contributed by atoms with Gasteiger partial charge in [0.25, 0.3) is 0 Å². The van der Waals surface area contributed by atoms with Gasteiger partial charge in [-0.25, -0.2) is 8.42 Å². The van der Waals surface area contributed by atoms with Crippen LogP contribution in [-0.2, 0) is 14.8 Å². The third kappa shape index (κ3) is 6.17. The first-order valence-electron chi connectivity index (χ1n) is 12.1. The minimum Gasteiger partial charge on any atom is -0.493 e. The number of amides is 1. The van der Waals surface area contributed by atoms with Crippen LogP contribution in [0.1, 0.15) is 24.8 Å². The molecule has 0 unspecified atom stereocenters. The number of piperidine rings is 1. The summed E-state index contributed by atoms with van der Waals surface area (Å²) in [6, 6.07) is 14.2. The number of carbonyl (C=O) groups excluding carboxylic acids is 1. The number of aryl methyl sites for hydroxylation is 1. The van der Waals surface area contributed by atoms with Crippen molar-refractivity contribution in [2.24, 2.45) is 5.41 Å². The summed E-state index contributed by atoms with van der Waals surface area (Å²) in [5.74, 6) is 0.715. The van der Waals surface area contributed by atoms with Crippen LogP contribution in [0.4, 0.5) is 0 Å². The third-order valence-corrected chi connectivity index (χ3v) is 9.34. The number of rotatable bonds is 7. The van der Waals surface area contributed by atoms with E-state index in [1.165, 1.54) is 0 Å². The first kappa shape index (κ1) is 25.9. The van der Waals surface area contributed by atoms with Crippen molar-refractivity contribution in [1.82, 2.24) is 14.1 Å². The standard InChI is InChI=1S/C26H34ClN3O4S/c1-21-6-3-4-7-24(21)35(32,33)30-13-5-12-26(19-30,20-34-23-10-8-22(27)9-11-23)18-25(31)29-16-14-28(2)15-17-29/h3-4,6-11H,5,12-20H2,1-2H3/t26-/m0/s1. The Bertz CT molecular complexity index is 1130. The second-order valence-electron chi connectivity index (χ2n) is 9.81. The number of hydrogen-bond donors (Lipinski definition) is 0. The van der Waals surface area contributed by atoms with Gasteiger partial charge in [-0.3, -0.25) is 4.79 Å². The summed E-state index contributed by atoms with van der Waals surface area (Å²) < 4.78 is 34.9. The Kier molecular flexibility index (Phi) is 8.06. The first-order valence-corrected chi connectivity index (χ1v) is 13.9. The Balaban J connectivity index is 1.58. The van der Waals surface area contributed by atoms with E-state index in [0.717, 1.165) is 25.1 Å². The number of carbonyl (C=O) groups is 1. The summed E-state index contributed by atoms with van der Waals surface area (Å²) >= 11 is 6.01. The molecule has 9 heteroatoms. The first-order chi connectivity index (χ1) is 16.7. The summed E-state index contributed by atoms with van der Waals surface area (Å²) in [5.41, 5.74) is 0.100. The van der Waals surface area contributed by atoms with Crippen molar-refractivity contribution in [2.75, 3.05) is 52.9 Å². The van der Waals surface area contributed by atoms with Crippen molar-refractivity contribution in [2.45, 2.75) is 31.1 Å². The van der Waals surface area contributed by atoms with Gasteiger partial charge >= 0.3 is 0 Å². The Morgan fingerprint density at radius 3 is 2.40 bits per heavy atom. The molecule has 2 saturated heterocycles. The van der Waals surface area contributed by atoms with Gasteiger partial charge in [-0.15, -0.1) is 0 Å². The van der Waals surface area contributed by atoms with E-state index in [9.17, 15) is 13.2 Å². The molecule has 1 amide bonds. The Hall–Kier alpha value is -2.13. The van der Waals surface area contributed by atoms with E-state index in [0.29, 0.717) is 41.7 Å². The van der Waals surface area contributed by atoms with E-state index in [2.05, 4.69) is 11.9 Å². The Morgan fingerprint density at radius 2 is 1.71 bits per heavy atom. The lowest BCUT2D eigenvalue weighted by Gasteiger charge is -2.43. The third-order valence-electron chi connectivity index (χ3n) is 7.08. The van der Waals surface area contributed by atoms with Crippen LogP contribution in [0.15, 0.2) is 53.4 Å². The molecule has 0 aromatic heterocycles. The molecule has 190 valence electrons. The van der Waals surface area contributed by atoms with Crippen LogP contribution in [0.2, 0.25) is 5.02 Å². The fraction of sp³-hybridized carbons (Fsp3) is 0.500. The number of sulfonamides is 1. The summed E-state index contributed by atoms with van der Waals surface area (Å²) in [6.07, 6.45) is 1.65. The highest BCUT2D eigenvalue weighted by Gasteiger charge is 2.43. The fourth-order valence-corrected chi connectivity index (χ4v) is 6.86. The molecule has 4 rings (SSSR count). The van der Waals surface area contributed by atoms with Crippen LogP contribution < -0.4 is 4.74 Å². The van der Waals surface area contributed by atoms with Gasteiger partial charge < -0.3 is 14.5 Å². The van der Waals surface area contributed by atoms with Crippen molar-refractivity contribution in [3.63, 3.8) is 0 Å². The molecule has 2 aliphatic heterocycles. The number of nitrogens with zero attached hydrogens (tertiary/aromatic N) is 3.